The Balaban J connectivity index is 1.22. The van der Waals surface area contributed by atoms with Crippen LogP contribution in [0, 0.1) is 0 Å². The molecule has 1 fully saturated rings. The predicted octanol–water partition coefficient (Wildman–Crippen LogP) is 1.66. The van der Waals surface area contributed by atoms with Crippen LogP contribution in [0.3, 0.4) is 0 Å². The van der Waals surface area contributed by atoms with Crippen molar-refractivity contribution in [3.05, 3.63) is 59.5 Å². The molecule has 1 saturated heterocycles. The predicted molar refractivity (Wildman–Crippen MR) is 114 cm³/mol. The molecule has 2 aliphatic heterocycles. The summed E-state index contributed by atoms with van der Waals surface area (Å²) in [7, 11) is -3.63. The second-order valence-corrected chi connectivity index (χ2v) is 9.30. The number of hydrogen-bond acceptors (Lipinski definition) is 9. The molecule has 0 radical (unpaired) electrons. The summed E-state index contributed by atoms with van der Waals surface area (Å²) in [6.45, 7) is 1.52. The van der Waals surface area contributed by atoms with E-state index < -0.39 is 15.9 Å². The van der Waals surface area contributed by atoms with Gasteiger partial charge in [0.15, 0.2) is 11.5 Å². The largest absolute Gasteiger partial charge is 0.454 e. The maximum atomic E-state index is 12.7. The molecule has 0 saturated carbocycles. The van der Waals surface area contributed by atoms with E-state index in [2.05, 4.69) is 15.5 Å². The van der Waals surface area contributed by atoms with Gasteiger partial charge >= 0.3 is 6.01 Å². The van der Waals surface area contributed by atoms with E-state index in [9.17, 15) is 13.2 Å². The van der Waals surface area contributed by atoms with Gasteiger partial charge in [-0.05, 0) is 42.0 Å². The van der Waals surface area contributed by atoms with Gasteiger partial charge in [-0.25, -0.2) is 8.42 Å². The Morgan fingerprint density at radius 2 is 1.76 bits per heavy atom. The summed E-state index contributed by atoms with van der Waals surface area (Å²) < 4.78 is 48.1. The summed E-state index contributed by atoms with van der Waals surface area (Å²) >= 11 is 0. The zero-order valence-electron chi connectivity index (χ0n) is 17.4. The molecule has 33 heavy (non-hydrogen) atoms. The van der Waals surface area contributed by atoms with E-state index in [0.717, 1.165) is 5.56 Å². The van der Waals surface area contributed by atoms with Crippen molar-refractivity contribution in [2.45, 2.75) is 11.3 Å². The number of anilines is 1. The maximum absolute atomic E-state index is 12.7. The lowest BCUT2D eigenvalue weighted by Crippen LogP contribution is -2.40. The maximum Gasteiger partial charge on any atom is 0.322 e. The van der Waals surface area contributed by atoms with Crippen molar-refractivity contribution in [2.24, 2.45) is 0 Å². The van der Waals surface area contributed by atoms with Crippen LogP contribution in [0.4, 0.5) is 6.01 Å². The van der Waals surface area contributed by atoms with Gasteiger partial charge in [-0.15, -0.1) is 5.10 Å². The zero-order chi connectivity index (χ0) is 22.8. The van der Waals surface area contributed by atoms with E-state index in [1.807, 2.05) is 12.1 Å². The first-order valence-electron chi connectivity index (χ1n) is 10.2. The fourth-order valence-corrected chi connectivity index (χ4v) is 4.89. The zero-order valence-corrected chi connectivity index (χ0v) is 18.2. The van der Waals surface area contributed by atoms with Crippen molar-refractivity contribution in [2.75, 3.05) is 38.4 Å². The Kier molecular flexibility index (Phi) is 5.70. The quantitative estimate of drug-likeness (QED) is 0.568. The molecule has 1 N–H and O–H groups in total. The molecule has 0 atom stereocenters. The minimum Gasteiger partial charge on any atom is -0.454 e. The fraction of sp³-hybridized carbons (Fsp3) is 0.286. The van der Waals surface area contributed by atoms with Crippen molar-refractivity contribution < 1.29 is 31.8 Å². The van der Waals surface area contributed by atoms with Crippen molar-refractivity contribution in [1.82, 2.24) is 14.5 Å². The van der Waals surface area contributed by atoms with E-state index in [1.54, 1.807) is 6.07 Å². The van der Waals surface area contributed by atoms with Crippen LogP contribution in [0.1, 0.15) is 21.8 Å². The Bertz CT molecular complexity index is 1270. The van der Waals surface area contributed by atoms with Gasteiger partial charge in [0, 0.05) is 18.7 Å². The second kappa shape index (κ2) is 8.81. The molecule has 12 heteroatoms. The fourth-order valence-electron chi connectivity index (χ4n) is 3.48. The molecular formula is C21H20N4O7S. The topological polar surface area (TPSA) is 133 Å². The normalized spacial score (nSPS) is 16.0. The Hall–Kier alpha value is -3.48. The molecule has 11 nitrogen and oxygen atoms in total. The van der Waals surface area contributed by atoms with Gasteiger partial charge in [0.25, 0.3) is 5.91 Å². The van der Waals surface area contributed by atoms with Gasteiger partial charge in [0.1, 0.15) is 0 Å². The number of sulfonamides is 1. The minimum atomic E-state index is -3.63. The summed E-state index contributed by atoms with van der Waals surface area (Å²) in [6, 6.07) is 11.1. The number of amides is 1. The minimum absolute atomic E-state index is 0.0549. The summed E-state index contributed by atoms with van der Waals surface area (Å²) in [6.07, 6.45) is 0.355. The highest BCUT2D eigenvalue weighted by Crippen LogP contribution is 2.33. The first-order valence-corrected chi connectivity index (χ1v) is 11.6. The lowest BCUT2D eigenvalue weighted by atomic mass is 10.1. The van der Waals surface area contributed by atoms with Crippen LogP contribution in [-0.4, -0.2) is 61.9 Å². The van der Waals surface area contributed by atoms with Crippen molar-refractivity contribution in [3.8, 4) is 11.5 Å². The third-order valence-corrected chi connectivity index (χ3v) is 7.12. The molecule has 0 aliphatic carbocycles. The molecule has 1 aromatic heterocycles. The summed E-state index contributed by atoms with van der Waals surface area (Å²) in [5, 5.41) is 10.3. The lowest BCUT2D eigenvalue weighted by Gasteiger charge is -2.26. The number of nitrogens with zero attached hydrogens (tertiary/aromatic N) is 3. The van der Waals surface area contributed by atoms with Gasteiger partial charge in [0.2, 0.25) is 22.7 Å². The van der Waals surface area contributed by atoms with E-state index >= 15 is 0 Å². The average Bonchev–Trinajstić information content (AvgIpc) is 3.48. The van der Waals surface area contributed by atoms with Crippen LogP contribution in [-0.2, 0) is 21.2 Å². The van der Waals surface area contributed by atoms with E-state index in [-0.39, 0.29) is 23.3 Å². The van der Waals surface area contributed by atoms with Crippen LogP contribution in [0.15, 0.2) is 51.8 Å². The number of fused-ring (bicyclic) bond motifs is 1. The number of carbonyl (C=O) groups excluding carboxylic acids is 1. The Morgan fingerprint density at radius 1 is 1.00 bits per heavy atom. The van der Waals surface area contributed by atoms with E-state index in [1.165, 1.54) is 28.6 Å². The highest BCUT2D eigenvalue weighted by molar-refractivity contribution is 7.89. The molecule has 0 bridgehead atoms. The first-order chi connectivity index (χ1) is 16.0. The van der Waals surface area contributed by atoms with Crippen LogP contribution < -0.4 is 14.8 Å². The average molecular weight is 472 g/mol. The van der Waals surface area contributed by atoms with E-state index in [4.69, 9.17) is 18.6 Å². The Labute approximate surface area is 189 Å². The van der Waals surface area contributed by atoms with Gasteiger partial charge in [-0.2, -0.15) is 4.31 Å². The molecule has 0 unspecified atom stereocenters. The van der Waals surface area contributed by atoms with E-state index in [0.29, 0.717) is 50.1 Å². The number of carbonyl (C=O) groups is 1. The molecule has 3 aromatic rings. The number of hydrogen-bond donors (Lipinski definition) is 1. The van der Waals surface area contributed by atoms with Gasteiger partial charge in [-0.1, -0.05) is 11.2 Å². The summed E-state index contributed by atoms with van der Waals surface area (Å²) in [5.41, 5.74) is 1.14. The monoisotopic (exact) mass is 472 g/mol. The molecule has 5 rings (SSSR count). The smallest absolute Gasteiger partial charge is 0.322 e. The number of rotatable bonds is 6. The Morgan fingerprint density at radius 3 is 2.55 bits per heavy atom. The van der Waals surface area contributed by atoms with Gasteiger partial charge < -0.3 is 18.6 Å². The first kappa shape index (κ1) is 21.4. The lowest BCUT2D eigenvalue weighted by molar-refractivity contribution is 0.0730. The van der Waals surface area contributed by atoms with Crippen LogP contribution in [0.5, 0.6) is 11.5 Å². The van der Waals surface area contributed by atoms with Crippen molar-refractivity contribution >= 4 is 21.9 Å². The standard InChI is InChI=1S/C21H20N4O7S/c26-20(15-2-4-16(5-3-15)33(27,28)25-7-9-29-10-8-25)22-21-24-23-19(32-21)12-14-1-6-17-18(11-14)31-13-30-17/h1-6,11H,7-10,12-13H2,(H,22,24,26). The van der Waals surface area contributed by atoms with Crippen LogP contribution >= 0.6 is 0 Å². The molecule has 3 heterocycles. The summed E-state index contributed by atoms with van der Waals surface area (Å²) in [4.78, 5) is 12.6. The molecule has 2 aromatic carbocycles. The van der Waals surface area contributed by atoms with Crippen LogP contribution in [0.2, 0.25) is 0 Å². The van der Waals surface area contributed by atoms with Crippen LogP contribution in [0.25, 0.3) is 0 Å². The SMILES string of the molecule is O=C(Nc1nnc(Cc2ccc3c(c2)OCO3)o1)c1ccc(S(=O)(=O)N2CCOCC2)cc1. The number of morpholine rings is 1. The van der Waals surface area contributed by atoms with Gasteiger partial charge in [0.05, 0.1) is 24.5 Å². The molecule has 0 spiro atoms. The molecular weight excluding hydrogens is 452 g/mol. The number of benzene rings is 2. The highest BCUT2D eigenvalue weighted by atomic mass is 32.2. The van der Waals surface area contributed by atoms with Crippen molar-refractivity contribution in [3.63, 3.8) is 0 Å². The summed E-state index contributed by atoms with van der Waals surface area (Å²) in [5.74, 6) is 1.15. The molecule has 1 amide bonds. The number of nitrogens with one attached hydrogen (secondary N) is 1. The highest BCUT2D eigenvalue weighted by Gasteiger charge is 2.26. The second-order valence-electron chi connectivity index (χ2n) is 7.36. The van der Waals surface area contributed by atoms with Gasteiger partial charge in [-0.3, -0.25) is 10.1 Å². The molecule has 172 valence electrons. The van der Waals surface area contributed by atoms with Crippen molar-refractivity contribution in [1.29, 1.82) is 0 Å². The number of aromatic nitrogens is 2. The third-order valence-electron chi connectivity index (χ3n) is 5.20. The molecule has 2 aliphatic rings. The number of ether oxygens (including phenoxy) is 3. The third kappa shape index (κ3) is 4.53.